The maximum atomic E-state index is 12.9. The fourth-order valence-electron chi connectivity index (χ4n) is 1.86. The van der Waals surface area contributed by atoms with E-state index in [1.165, 1.54) is 0 Å². The summed E-state index contributed by atoms with van der Waals surface area (Å²) >= 11 is 0. The normalized spacial score (nSPS) is 17.4. The van der Waals surface area contributed by atoms with Crippen LogP contribution < -0.4 is 5.73 Å². The van der Waals surface area contributed by atoms with Gasteiger partial charge in [0.15, 0.2) is 0 Å². The van der Waals surface area contributed by atoms with Crippen molar-refractivity contribution in [2.24, 2.45) is 0 Å². The Morgan fingerprint density at radius 3 is 2.38 bits per heavy atom. The number of carbonyl (C=O) groups excluding carboxylic acids is 1. The Morgan fingerprint density at radius 1 is 1.25 bits per heavy atom. The highest BCUT2D eigenvalue weighted by molar-refractivity contribution is 5.94. The van der Waals surface area contributed by atoms with Gasteiger partial charge < -0.3 is 10.6 Å². The second-order valence-electron chi connectivity index (χ2n) is 4.09. The number of benzene rings is 1. The minimum atomic E-state index is -0.754. The molecule has 0 saturated carbocycles. The monoisotopic (exact) mass is 222 g/mol. The lowest BCUT2D eigenvalue weighted by molar-refractivity contribution is 0.0667. The summed E-state index contributed by atoms with van der Waals surface area (Å²) < 4.78 is 12.9. The van der Waals surface area contributed by atoms with Gasteiger partial charge in [0.25, 0.3) is 5.91 Å². The van der Waals surface area contributed by atoms with Crippen molar-refractivity contribution >= 4 is 11.6 Å². The number of rotatable bonds is 1. The average Bonchev–Trinajstić information content (AvgIpc) is 2.30. The van der Waals surface area contributed by atoms with Gasteiger partial charge in [0.1, 0.15) is 6.17 Å². The lowest BCUT2D eigenvalue weighted by Gasteiger charge is -2.28. The van der Waals surface area contributed by atoms with E-state index in [4.69, 9.17) is 5.73 Å². The SMILES string of the molecule is Nc1ccc(C(=O)N2CCC(F)CC2)cc1. The smallest absolute Gasteiger partial charge is 0.253 e. The van der Waals surface area contributed by atoms with Crippen LogP contribution in [0.3, 0.4) is 0 Å². The zero-order valence-corrected chi connectivity index (χ0v) is 9.03. The number of hydrogen-bond acceptors (Lipinski definition) is 2. The van der Waals surface area contributed by atoms with Gasteiger partial charge in [0, 0.05) is 24.3 Å². The zero-order valence-electron chi connectivity index (χ0n) is 9.03. The number of nitrogens with zero attached hydrogens (tertiary/aromatic N) is 1. The number of amides is 1. The van der Waals surface area contributed by atoms with Gasteiger partial charge in [0.05, 0.1) is 0 Å². The Bertz CT molecular complexity index is 369. The minimum Gasteiger partial charge on any atom is -0.399 e. The quantitative estimate of drug-likeness (QED) is 0.737. The van der Waals surface area contributed by atoms with E-state index in [-0.39, 0.29) is 5.91 Å². The first-order chi connectivity index (χ1) is 7.66. The molecule has 2 N–H and O–H groups in total. The lowest BCUT2D eigenvalue weighted by Crippen LogP contribution is -2.39. The number of hydrogen-bond donors (Lipinski definition) is 1. The predicted octanol–water partition coefficient (Wildman–Crippen LogP) is 1.84. The third-order valence-electron chi connectivity index (χ3n) is 2.87. The fourth-order valence-corrected chi connectivity index (χ4v) is 1.86. The van der Waals surface area contributed by atoms with Crippen LogP contribution in [-0.4, -0.2) is 30.1 Å². The molecule has 0 aliphatic carbocycles. The molecule has 3 nitrogen and oxygen atoms in total. The molecule has 0 bridgehead atoms. The standard InChI is InChI=1S/C12H15FN2O/c13-10-5-7-15(8-6-10)12(16)9-1-3-11(14)4-2-9/h1-4,10H,5-8,14H2. The van der Waals surface area contributed by atoms with Gasteiger partial charge in [-0.15, -0.1) is 0 Å². The molecule has 0 atom stereocenters. The first kappa shape index (κ1) is 10.9. The van der Waals surface area contributed by atoms with Crippen LogP contribution >= 0.6 is 0 Å². The molecule has 1 aromatic carbocycles. The Hall–Kier alpha value is -1.58. The van der Waals surface area contributed by atoms with Gasteiger partial charge in [-0.3, -0.25) is 4.79 Å². The van der Waals surface area contributed by atoms with Crippen molar-refractivity contribution in [3.63, 3.8) is 0 Å². The van der Waals surface area contributed by atoms with Crippen molar-refractivity contribution < 1.29 is 9.18 Å². The van der Waals surface area contributed by atoms with Gasteiger partial charge >= 0.3 is 0 Å². The van der Waals surface area contributed by atoms with E-state index in [1.54, 1.807) is 29.2 Å². The zero-order chi connectivity index (χ0) is 11.5. The molecule has 1 heterocycles. The summed E-state index contributed by atoms with van der Waals surface area (Å²) in [7, 11) is 0. The maximum absolute atomic E-state index is 12.9. The summed E-state index contributed by atoms with van der Waals surface area (Å²) in [5.74, 6) is -0.0353. The van der Waals surface area contributed by atoms with Gasteiger partial charge in [-0.05, 0) is 37.1 Å². The van der Waals surface area contributed by atoms with Gasteiger partial charge in [0.2, 0.25) is 0 Å². The van der Waals surface area contributed by atoms with Crippen molar-refractivity contribution in [2.75, 3.05) is 18.8 Å². The number of piperidine rings is 1. The molecule has 16 heavy (non-hydrogen) atoms. The molecule has 4 heteroatoms. The topological polar surface area (TPSA) is 46.3 Å². The van der Waals surface area contributed by atoms with E-state index in [1.807, 2.05) is 0 Å². The number of nitrogens with two attached hydrogens (primary N) is 1. The Kier molecular flexibility index (Phi) is 3.08. The number of carbonyl (C=O) groups is 1. The molecular formula is C12H15FN2O. The van der Waals surface area contributed by atoms with E-state index in [9.17, 15) is 9.18 Å². The number of likely N-dealkylation sites (tertiary alicyclic amines) is 1. The van der Waals surface area contributed by atoms with Crippen molar-refractivity contribution in [3.8, 4) is 0 Å². The molecule has 0 spiro atoms. The van der Waals surface area contributed by atoms with E-state index in [0.29, 0.717) is 37.2 Å². The Labute approximate surface area is 94.0 Å². The first-order valence-corrected chi connectivity index (χ1v) is 5.45. The first-order valence-electron chi connectivity index (χ1n) is 5.45. The average molecular weight is 222 g/mol. The molecule has 0 radical (unpaired) electrons. The molecule has 1 aliphatic rings. The highest BCUT2D eigenvalue weighted by atomic mass is 19.1. The molecule has 2 rings (SSSR count). The molecule has 0 aromatic heterocycles. The Morgan fingerprint density at radius 2 is 1.81 bits per heavy atom. The van der Waals surface area contributed by atoms with Crippen molar-refractivity contribution in [1.29, 1.82) is 0 Å². The summed E-state index contributed by atoms with van der Waals surface area (Å²) in [6.07, 6.45) is 0.136. The largest absolute Gasteiger partial charge is 0.399 e. The van der Waals surface area contributed by atoms with Crippen LogP contribution in [0, 0.1) is 0 Å². The van der Waals surface area contributed by atoms with Crippen LogP contribution in [0.25, 0.3) is 0 Å². The summed E-state index contributed by atoms with van der Waals surface area (Å²) in [6.45, 7) is 1.01. The summed E-state index contributed by atoms with van der Waals surface area (Å²) in [5.41, 5.74) is 6.80. The van der Waals surface area contributed by atoms with Crippen LogP contribution in [-0.2, 0) is 0 Å². The van der Waals surface area contributed by atoms with Crippen molar-refractivity contribution in [3.05, 3.63) is 29.8 Å². The van der Waals surface area contributed by atoms with Crippen LogP contribution in [0.15, 0.2) is 24.3 Å². The predicted molar refractivity (Wildman–Crippen MR) is 60.9 cm³/mol. The molecule has 1 fully saturated rings. The van der Waals surface area contributed by atoms with Crippen LogP contribution in [0.1, 0.15) is 23.2 Å². The van der Waals surface area contributed by atoms with Gasteiger partial charge in [-0.25, -0.2) is 4.39 Å². The molecular weight excluding hydrogens is 207 g/mol. The van der Waals surface area contributed by atoms with Gasteiger partial charge in [-0.1, -0.05) is 0 Å². The van der Waals surface area contributed by atoms with E-state index in [2.05, 4.69) is 0 Å². The summed E-state index contributed by atoms with van der Waals surface area (Å²) in [5, 5.41) is 0. The second-order valence-corrected chi connectivity index (χ2v) is 4.09. The number of alkyl halides is 1. The van der Waals surface area contributed by atoms with Crippen molar-refractivity contribution in [1.82, 2.24) is 4.90 Å². The van der Waals surface area contributed by atoms with E-state index < -0.39 is 6.17 Å². The molecule has 1 aliphatic heterocycles. The van der Waals surface area contributed by atoms with Crippen molar-refractivity contribution in [2.45, 2.75) is 19.0 Å². The minimum absolute atomic E-state index is 0.0353. The number of halogens is 1. The molecule has 1 amide bonds. The Balaban J connectivity index is 2.05. The molecule has 0 unspecified atom stereocenters. The third kappa shape index (κ3) is 2.32. The summed E-state index contributed by atoms with van der Waals surface area (Å²) in [4.78, 5) is 13.7. The highest BCUT2D eigenvalue weighted by Crippen LogP contribution is 2.16. The van der Waals surface area contributed by atoms with Crippen LogP contribution in [0.5, 0.6) is 0 Å². The molecule has 1 saturated heterocycles. The second kappa shape index (κ2) is 4.51. The van der Waals surface area contributed by atoms with Crippen LogP contribution in [0.2, 0.25) is 0 Å². The fraction of sp³-hybridized carbons (Fsp3) is 0.417. The number of anilines is 1. The number of nitrogen functional groups attached to an aromatic ring is 1. The molecule has 86 valence electrons. The highest BCUT2D eigenvalue weighted by Gasteiger charge is 2.22. The maximum Gasteiger partial charge on any atom is 0.253 e. The lowest BCUT2D eigenvalue weighted by atomic mass is 10.1. The molecule has 1 aromatic rings. The summed E-state index contributed by atoms with van der Waals surface area (Å²) in [6, 6.07) is 6.82. The third-order valence-corrected chi connectivity index (χ3v) is 2.87. The van der Waals surface area contributed by atoms with E-state index in [0.717, 1.165) is 0 Å². The van der Waals surface area contributed by atoms with Gasteiger partial charge in [-0.2, -0.15) is 0 Å². The van der Waals surface area contributed by atoms with E-state index >= 15 is 0 Å². The van der Waals surface area contributed by atoms with Crippen LogP contribution in [0.4, 0.5) is 10.1 Å².